The molecule has 1 aromatic rings. The normalized spacial score (nSPS) is 9.07. The van der Waals surface area contributed by atoms with Crippen molar-refractivity contribution in [3.8, 4) is 0 Å². The molecule has 15 heavy (non-hydrogen) atoms. The topological polar surface area (TPSA) is 93.3 Å². The molecule has 0 fully saturated rings. The van der Waals surface area contributed by atoms with Gasteiger partial charge in [-0.05, 0) is 6.07 Å². The van der Waals surface area contributed by atoms with Gasteiger partial charge in [-0.3, -0.25) is 19.9 Å². The molecule has 1 rings (SSSR count). The number of halogens is 1. The van der Waals surface area contributed by atoms with E-state index < -0.39 is 10.9 Å². The lowest BCUT2D eigenvalue weighted by Crippen LogP contribution is -1.99. The van der Waals surface area contributed by atoms with Crippen LogP contribution in [0.15, 0.2) is 18.3 Å². The standard InChI is InChI=1S/C8H8N2O4.ClH/c11-8(12)4-2-6-1-3-7(5-9-6)10(13)14;/h1,3,5H,2,4H2,(H,11,12);1H. The third kappa shape index (κ3) is 4.37. The van der Waals surface area contributed by atoms with Crippen LogP contribution in [0.2, 0.25) is 0 Å². The molecule has 1 N–H and O–H groups in total. The summed E-state index contributed by atoms with van der Waals surface area (Å²) in [7, 11) is 0. The second kappa shape index (κ2) is 5.92. The number of hydrogen-bond acceptors (Lipinski definition) is 4. The summed E-state index contributed by atoms with van der Waals surface area (Å²) in [6, 6.07) is 2.77. The number of carbonyl (C=O) groups is 1. The average molecular weight is 233 g/mol. The van der Waals surface area contributed by atoms with Crippen LogP contribution in [0.3, 0.4) is 0 Å². The van der Waals surface area contributed by atoms with E-state index in [1.165, 1.54) is 12.1 Å². The zero-order valence-corrected chi connectivity index (χ0v) is 8.44. The Morgan fingerprint density at radius 3 is 2.60 bits per heavy atom. The van der Waals surface area contributed by atoms with Gasteiger partial charge >= 0.3 is 5.97 Å². The van der Waals surface area contributed by atoms with E-state index in [2.05, 4.69) is 4.98 Å². The van der Waals surface area contributed by atoms with Gasteiger partial charge in [-0.15, -0.1) is 12.4 Å². The third-order valence-electron chi connectivity index (χ3n) is 1.61. The summed E-state index contributed by atoms with van der Waals surface area (Å²) >= 11 is 0. The van der Waals surface area contributed by atoms with Crippen LogP contribution in [0.25, 0.3) is 0 Å². The molecular weight excluding hydrogens is 224 g/mol. The molecule has 0 bridgehead atoms. The van der Waals surface area contributed by atoms with Crippen LogP contribution < -0.4 is 0 Å². The molecule has 0 saturated carbocycles. The molecule has 0 aliphatic rings. The van der Waals surface area contributed by atoms with Gasteiger partial charge in [-0.2, -0.15) is 0 Å². The van der Waals surface area contributed by atoms with Crippen molar-refractivity contribution in [1.82, 2.24) is 4.98 Å². The highest BCUT2D eigenvalue weighted by atomic mass is 35.5. The van der Waals surface area contributed by atoms with Gasteiger partial charge < -0.3 is 5.11 Å². The molecular formula is C8H9ClN2O4. The van der Waals surface area contributed by atoms with Crippen molar-refractivity contribution in [1.29, 1.82) is 0 Å². The Balaban J connectivity index is 0.00000196. The fraction of sp³-hybridized carbons (Fsp3) is 0.250. The highest BCUT2D eigenvalue weighted by Crippen LogP contribution is 2.09. The number of pyridine rings is 1. The first kappa shape index (κ1) is 13.3. The first-order valence-electron chi connectivity index (χ1n) is 3.90. The summed E-state index contributed by atoms with van der Waals surface area (Å²) in [5, 5.41) is 18.6. The highest BCUT2D eigenvalue weighted by Gasteiger charge is 2.05. The number of carboxylic acids is 1. The largest absolute Gasteiger partial charge is 0.481 e. The number of aliphatic carboxylic acids is 1. The molecule has 0 radical (unpaired) electrons. The van der Waals surface area contributed by atoms with Crippen molar-refractivity contribution >= 4 is 24.1 Å². The Kier molecular flexibility index (Phi) is 5.25. The monoisotopic (exact) mass is 232 g/mol. The Labute approximate surface area is 91.5 Å². The van der Waals surface area contributed by atoms with Crippen LogP contribution >= 0.6 is 12.4 Å². The number of nitrogens with zero attached hydrogens (tertiary/aromatic N) is 2. The Morgan fingerprint density at radius 2 is 2.20 bits per heavy atom. The summed E-state index contributed by atoms with van der Waals surface area (Å²) in [6.07, 6.45) is 1.38. The molecule has 82 valence electrons. The molecule has 0 aliphatic carbocycles. The second-order valence-electron chi connectivity index (χ2n) is 2.66. The quantitative estimate of drug-likeness (QED) is 0.626. The van der Waals surface area contributed by atoms with E-state index in [-0.39, 0.29) is 30.9 Å². The summed E-state index contributed by atoms with van der Waals surface area (Å²) in [4.78, 5) is 23.7. The third-order valence-corrected chi connectivity index (χ3v) is 1.61. The lowest BCUT2D eigenvalue weighted by Gasteiger charge is -1.96. The van der Waals surface area contributed by atoms with Gasteiger partial charge in [0.1, 0.15) is 6.20 Å². The van der Waals surface area contributed by atoms with E-state index in [4.69, 9.17) is 5.11 Å². The van der Waals surface area contributed by atoms with Crippen molar-refractivity contribution in [2.24, 2.45) is 0 Å². The van der Waals surface area contributed by atoms with Crippen molar-refractivity contribution < 1.29 is 14.8 Å². The van der Waals surface area contributed by atoms with E-state index in [0.717, 1.165) is 6.20 Å². The molecule has 0 saturated heterocycles. The predicted octanol–water partition coefficient (Wildman–Crippen LogP) is 1.43. The molecule has 0 spiro atoms. The smallest absolute Gasteiger partial charge is 0.303 e. The molecule has 7 heteroatoms. The van der Waals surface area contributed by atoms with Gasteiger partial charge in [0.2, 0.25) is 0 Å². The molecule has 0 aromatic carbocycles. The van der Waals surface area contributed by atoms with Crippen LogP contribution in [0.1, 0.15) is 12.1 Å². The van der Waals surface area contributed by atoms with E-state index >= 15 is 0 Å². The average Bonchev–Trinajstić information content (AvgIpc) is 2.15. The highest BCUT2D eigenvalue weighted by molar-refractivity contribution is 5.85. The Morgan fingerprint density at radius 1 is 1.53 bits per heavy atom. The van der Waals surface area contributed by atoms with Gasteiger partial charge in [0, 0.05) is 18.2 Å². The second-order valence-corrected chi connectivity index (χ2v) is 2.66. The number of rotatable bonds is 4. The zero-order valence-electron chi connectivity index (χ0n) is 7.62. The lowest BCUT2D eigenvalue weighted by molar-refractivity contribution is -0.385. The van der Waals surface area contributed by atoms with E-state index in [0.29, 0.717) is 5.69 Å². The first-order chi connectivity index (χ1) is 6.59. The Bertz CT molecular complexity index is 352. The SMILES string of the molecule is Cl.O=C(O)CCc1ccc([N+](=O)[O-])cn1. The molecule has 0 atom stereocenters. The van der Waals surface area contributed by atoms with Gasteiger partial charge in [0.15, 0.2) is 0 Å². The maximum absolute atomic E-state index is 10.2. The maximum Gasteiger partial charge on any atom is 0.303 e. The number of nitro groups is 1. The van der Waals surface area contributed by atoms with Crippen LogP contribution in [0.4, 0.5) is 5.69 Å². The fourth-order valence-electron chi connectivity index (χ4n) is 0.908. The summed E-state index contributed by atoms with van der Waals surface area (Å²) in [5.41, 5.74) is 0.446. The van der Waals surface area contributed by atoms with Gasteiger partial charge in [0.05, 0.1) is 11.3 Å². The minimum absolute atomic E-state index is 0. The van der Waals surface area contributed by atoms with Gasteiger partial charge in [0.25, 0.3) is 5.69 Å². The van der Waals surface area contributed by atoms with Crippen molar-refractivity contribution in [2.45, 2.75) is 12.8 Å². The lowest BCUT2D eigenvalue weighted by atomic mass is 10.2. The molecule has 6 nitrogen and oxygen atoms in total. The van der Waals surface area contributed by atoms with Crippen molar-refractivity contribution in [2.75, 3.05) is 0 Å². The maximum atomic E-state index is 10.2. The molecule has 0 amide bonds. The Hall–Kier alpha value is -1.69. The number of aryl methyl sites for hydroxylation is 1. The molecule has 1 aromatic heterocycles. The summed E-state index contributed by atoms with van der Waals surface area (Å²) < 4.78 is 0. The van der Waals surface area contributed by atoms with Crippen LogP contribution in [0, 0.1) is 10.1 Å². The number of carboxylic acid groups (broad SMARTS) is 1. The van der Waals surface area contributed by atoms with E-state index in [1.807, 2.05) is 0 Å². The number of aromatic nitrogens is 1. The molecule has 0 aliphatic heterocycles. The molecule has 1 heterocycles. The van der Waals surface area contributed by atoms with E-state index in [9.17, 15) is 14.9 Å². The fourth-order valence-corrected chi connectivity index (χ4v) is 0.908. The van der Waals surface area contributed by atoms with Crippen LogP contribution in [-0.4, -0.2) is 21.0 Å². The van der Waals surface area contributed by atoms with Crippen molar-refractivity contribution in [3.05, 3.63) is 34.1 Å². The predicted molar refractivity (Wildman–Crippen MR) is 54.1 cm³/mol. The minimum Gasteiger partial charge on any atom is -0.481 e. The first-order valence-corrected chi connectivity index (χ1v) is 3.90. The molecule has 0 unspecified atom stereocenters. The number of hydrogen-bond donors (Lipinski definition) is 1. The van der Waals surface area contributed by atoms with E-state index in [1.54, 1.807) is 0 Å². The van der Waals surface area contributed by atoms with Crippen LogP contribution in [-0.2, 0) is 11.2 Å². The summed E-state index contributed by atoms with van der Waals surface area (Å²) in [5.74, 6) is -0.912. The van der Waals surface area contributed by atoms with Crippen molar-refractivity contribution in [3.63, 3.8) is 0 Å². The summed E-state index contributed by atoms with van der Waals surface area (Å²) in [6.45, 7) is 0. The minimum atomic E-state index is -0.912. The van der Waals surface area contributed by atoms with Crippen LogP contribution in [0.5, 0.6) is 0 Å². The van der Waals surface area contributed by atoms with Gasteiger partial charge in [-0.25, -0.2) is 0 Å². The van der Waals surface area contributed by atoms with Gasteiger partial charge in [-0.1, -0.05) is 0 Å². The zero-order chi connectivity index (χ0) is 10.6.